The van der Waals surface area contributed by atoms with E-state index in [9.17, 15) is 4.79 Å². The Morgan fingerprint density at radius 2 is 1.63 bits per heavy atom. The van der Waals surface area contributed by atoms with Gasteiger partial charge in [0.1, 0.15) is 5.76 Å². The number of furan rings is 1. The second kappa shape index (κ2) is 7.86. The molecule has 0 aliphatic rings. The number of esters is 1. The molecule has 0 N–H and O–H groups in total. The first-order chi connectivity index (χ1) is 13.1. The van der Waals surface area contributed by atoms with Crippen LogP contribution in [0.4, 0.5) is 0 Å². The number of benzene rings is 2. The number of methoxy groups -OCH3 is 4. The fraction of sp³-hybridized carbons (Fsp3) is 0.190. The van der Waals surface area contributed by atoms with Crippen LogP contribution in [0.1, 0.15) is 5.56 Å². The summed E-state index contributed by atoms with van der Waals surface area (Å²) in [7, 11) is 6.08. The van der Waals surface area contributed by atoms with Crippen molar-refractivity contribution in [2.24, 2.45) is 0 Å². The topological polar surface area (TPSA) is 67.1 Å². The van der Waals surface area contributed by atoms with Crippen LogP contribution >= 0.6 is 0 Å². The smallest absolute Gasteiger partial charge is 0.330 e. The number of hydrogen-bond acceptors (Lipinski definition) is 6. The lowest BCUT2D eigenvalue weighted by molar-refractivity contribution is -0.134. The van der Waals surface area contributed by atoms with Gasteiger partial charge in [-0.05, 0) is 48.0 Å². The van der Waals surface area contributed by atoms with Gasteiger partial charge in [0.25, 0.3) is 0 Å². The molecule has 0 spiro atoms. The van der Waals surface area contributed by atoms with Crippen LogP contribution in [0.15, 0.2) is 46.9 Å². The third kappa shape index (κ3) is 3.74. The molecule has 0 aliphatic heterocycles. The first kappa shape index (κ1) is 18.4. The molecule has 0 unspecified atom stereocenters. The Balaban J connectivity index is 2.06. The third-order valence-corrected chi connectivity index (χ3v) is 4.11. The molecule has 3 aromatic rings. The van der Waals surface area contributed by atoms with E-state index in [4.69, 9.17) is 18.6 Å². The lowest BCUT2D eigenvalue weighted by Gasteiger charge is -2.08. The Kier molecular flexibility index (Phi) is 5.35. The molecule has 2 aromatic carbocycles. The van der Waals surface area contributed by atoms with Gasteiger partial charge in [-0.3, -0.25) is 0 Å². The number of carbonyl (C=O) groups excluding carboxylic acids is 1. The van der Waals surface area contributed by atoms with Crippen LogP contribution in [0.3, 0.4) is 0 Å². The Morgan fingerprint density at radius 3 is 2.30 bits per heavy atom. The number of carbonyl (C=O) groups is 1. The summed E-state index contributed by atoms with van der Waals surface area (Å²) in [6.45, 7) is 0. The van der Waals surface area contributed by atoms with Gasteiger partial charge in [-0.25, -0.2) is 4.79 Å². The van der Waals surface area contributed by atoms with Crippen LogP contribution in [0.2, 0.25) is 0 Å². The molecule has 0 aliphatic carbocycles. The zero-order valence-corrected chi connectivity index (χ0v) is 15.6. The number of fused-ring (bicyclic) bond motifs is 1. The van der Waals surface area contributed by atoms with E-state index in [0.29, 0.717) is 28.6 Å². The highest BCUT2D eigenvalue weighted by atomic mass is 16.5. The Labute approximate surface area is 156 Å². The molecule has 1 heterocycles. The second-order valence-corrected chi connectivity index (χ2v) is 5.68. The van der Waals surface area contributed by atoms with E-state index in [1.54, 1.807) is 33.5 Å². The van der Waals surface area contributed by atoms with Gasteiger partial charge >= 0.3 is 5.97 Å². The first-order valence-electron chi connectivity index (χ1n) is 8.19. The predicted octanol–water partition coefficient (Wildman–Crippen LogP) is 4.31. The van der Waals surface area contributed by atoms with Crippen LogP contribution in [-0.4, -0.2) is 34.4 Å². The van der Waals surface area contributed by atoms with Crippen LogP contribution in [0.25, 0.3) is 28.4 Å². The van der Waals surface area contributed by atoms with Crippen molar-refractivity contribution in [1.29, 1.82) is 0 Å². The quantitative estimate of drug-likeness (QED) is 0.477. The maximum atomic E-state index is 11.3. The van der Waals surface area contributed by atoms with Crippen molar-refractivity contribution in [3.63, 3.8) is 0 Å². The minimum absolute atomic E-state index is 0.424. The van der Waals surface area contributed by atoms with Gasteiger partial charge in [-0.15, -0.1) is 0 Å². The zero-order valence-electron chi connectivity index (χ0n) is 15.6. The van der Waals surface area contributed by atoms with Crippen LogP contribution in [0.5, 0.6) is 17.2 Å². The Bertz CT molecular complexity index is 999. The second-order valence-electron chi connectivity index (χ2n) is 5.68. The normalized spacial score (nSPS) is 11.0. The van der Waals surface area contributed by atoms with Crippen LogP contribution in [0, 0.1) is 0 Å². The summed E-state index contributed by atoms with van der Waals surface area (Å²) < 4.78 is 26.7. The predicted molar refractivity (Wildman–Crippen MR) is 102 cm³/mol. The summed E-state index contributed by atoms with van der Waals surface area (Å²) in [5, 5.41) is 0.851. The minimum atomic E-state index is -0.424. The maximum Gasteiger partial charge on any atom is 0.330 e. The van der Waals surface area contributed by atoms with E-state index in [1.165, 1.54) is 13.2 Å². The van der Waals surface area contributed by atoms with E-state index in [0.717, 1.165) is 16.5 Å². The average molecular weight is 368 g/mol. The largest absolute Gasteiger partial charge is 0.493 e. The zero-order chi connectivity index (χ0) is 19.4. The number of rotatable bonds is 6. The summed E-state index contributed by atoms with van der Waals surface area (Å²) in [5.74, 6) is 2.07. The van der Waals surface area contributed by atoms with Crippen molar-refractivity contribution in [3.05, 3.63) is 48.0 Å². The Hall–Kier alpha value is -3.41. The van der Waals surface area contributed by atoms with Crippen molar-refractivity contribution in [2.75, 3.05) is 28.4 Å². The highest BCUT2D eigenvalue weighted by molar-refractivity contribution is 5.92. The van der Waals surface area contributed by atoms with Gasteiger partial charge in [0.05, 0.1) is 28.4 Å². The van der Waals surface area contributed by atoms with Crippen molar-refractivity contribution in [2.45, 2.75) is 0 Å². The number of ether oxygens (including phenoxy) is 4. The van der Waals surface area contributed by atoms with E-state index >= 15 is 0 Å². The standard InChI is InChI=1S/C21H20O6/c1-23-16-7-6-14(11-18(16)24-2)17-12-15-9-13(5-8-20(22)26-4)10-19(25-3)21(15)27-17/h5-12H,1-4H3/b8-5+. The fourth-order valence-corrected chi connectivity index (χ4v) is 2.75. The van der Waals surface area contributed by atoms with Gasteiger partial charge in [0, 0.05) is 17.0 Å². The molecule has 1 aromatic heterocycles. The highest BCUT2D eigenvalue weighted by Gasteiger charge is 2.14. The first-order valence-corrected chi connectivity index (χ1v) is 8.19. The lowest BCUT2D eigenvalue weighted by atomic mass is 10.1. The van der Waals surface area contributed by atoms with E-state index in [1.807, 2.05) is 30.3 Å². The SMILES string of the molecule is COC(=O)/C=C/c1cc(OC)c2oc(-c3ccc(OC)c(OC)c3)cc2c1. The molecule has 0 fully saturated rings. The number of hydrogen-bond donors (Lipinski definition) is 0. The van der Waals surface area contributed by atoms with Crippen molar-refractivity contribution < 1.29 is 28.2 Å². The molecule has 0 radical (unpaired) electrons. The summed E-state index contributed by atoms with van der Waals surface area (Å²) in [5.41, 5.74) is 2.26. The summed E-state index contributed by atoms with van der Waals surface area (Å²) in [4.78, 5) is 11.3. The molecule has 6 heteroatoms. The van der Waals surface area contributed by atoms with E-state index in [2.05, 4.69) is 4.74 Å². The fourth-order valence-electron chi connectivity index (χ4n) is 2.75. The average Bonchev–Trinajstić information content (AvgIpc) is 3.14. The van der Waals surface area contributed by atoms with Crippen LogP contribution < -0.4 is 14.2 Å². The van der Waals surface area contributed by atoms with Gasteiger partial charge in [-0.1, -0.05) is 0 Å². The summed E-state index contributed by atoms with van der Waals surface area (Å²) >= 11 is 0. The highest BCUT2D eigenvalue weighted by Crippen LogP contribution is 2.38. The molecule has 0 saturated heterocycles. The van der Waals surface area contributed by atoms with Gasteiger partial charge in [0.15, 0.2) is 22.8 Å². The molecule has 27 heavy (non-hydrogen) atoms. The molecular formula is C21H20O6. The monoisotopic (exact) mass is 368 g/mol. The molecule has 0 amide bonds. The van der Waals surface area contributed by atoms with Crippen LogP contribution in [-0.2, 0) is 9.53 Å². The summed E-state index contributed by atoms with van der Waals surface area (Å²) in [6, 6.07) is 11.2. The molecule has 6 nitrogen and oxygen atoms in total. The third-order valence-electron chi connectivity index (χ3n) is 4.11. The molecular weight excluding hydrogens is 348 g/mol. The minimum Gasteiger partial charge on any atom is -0.493 e. The molecule has 0 atom stereocenters. The van der Waals surface area contributed by atoms with Gasteiger partial charge in [0.2, 0.25) is 0 Å². The Morgan fingerprint density at radius 1 is 0.889 bits per heavy atom. The van der Waals surface area contributed by atoms with E-state index in [-0.39, 0.29) is 0 Å². The molecule has 140 valence electrons. The molecule has 3 rings (SSSR count). The van der Waals surface area contributed by atoms with Crippen molar-refractivity contribution in [3.8, 4) is 28.6 Å². The van der Waals surface area contributed by atoms with Gasteiger partial charge < -0.3 is 23.4 Å². The lowest BCUT2D eigenvalue weighted by Crippen LogP contribution is -1.93. The van der Waals surface area contributed by atoms with E-state index < -0.39 is 5.97 Å². The molecule has 0 saturated carbocycles. The molecule has 0 bridgehead atoms. The summed E-state index contributed by atoms with van der Waals surface area (Å²) in [6.07, 6.45) is 3.02. The van der Waals surface area contributed by atoms with Crippen molar-refractivity contribution >= 4 is 23.0 Å². The van der Waals surface area contributed by atoms with Gasteiger partial charge in [-0.2, -0.15) is 0 Å². The van der Waals surface area contributed by atoms with Crippen molar-refractivity contribution in [1.82, 2.24) is 0 Å². The maximum absolute atomic E-state index is 11.3.